The van der Waals surface area contributed by atoms with Crippen molar-refractivity contribution in [1.82, 2.24) is 29.3 Å². The number of nitrogens with zero attached hydrogens (tertiary/aromatic N) is 5. The molecule has 3 heterocycles. The minimum Gasteiger partial charge on any atom is -0.341 e. The number of aryl methyl sites for hydroxylation is 1. The molecular formula is C36H36F2N6O2. The number of pyridine rings is 2. The summed E-state index contributed by atoms with van der Waals surface area (Å²) in [7, 11) is 4.30. The van der Waals surface area contributed by atoms with Crippen molar-refractivity contribution < 1.29 is 13.6 Å². The number of imidazole rings is 1. The van der Waals surface area contributed by atoms with Gasteiger partial charge in [0.2, 0.25) is 0 Å². The average Bonchev–Trinajstić information content (AvgIpc) is 3.40. The minimum absolute atomic E-state index is 0.0263. The van der Waals surface area contributed by atoms with Crippen molar-refractivity contribution in [2.75, 3.05) is 20.6 Å². The first-order valence-corrected chi connectivity index (χ1v) is 15.5. The molecule has 0 unspecified atom stereocenters. The van der Waals surface area contributed by atoms with Crippen LogP contribution in [0, 0.1) is 30.4 Å². The van der Waals surface area contributed by atoms with Crippen LogP contribution in [0.15, 0.2) is 65.7 Å². The Morgan fingerprint density at radius 3 is 2.59 bits per heavy atom. The van der Waals surface area contributed by atoms with Crippen molar-refractivity contribution in [3.05, 3.63) is 105 Å². The minimum atomic E-state index is -1.000. The van der Waals surface area contributed by atoms with E-state index < -0.39 is 29.1 Å². The van der Waals surface area contributed by atoms with E-state index in [1.165, 1.54) is 22.9 Å². The fourth-order valence-corrected chi connectivity index (χ4v) is 6.54. The van der Waals surface area contributed by atoms with Crippen molar-refractivity contribution in [2.24, 2.45) is 0 Å². The Morgan fingerprint density at radius 2 is 1.85 bits per heavy atom. The standard InChI is InChI=1S/C36H36F2N6O2/c1-22(25-10-15-30(37)31(38)20-25)43-18-6-8-28(36(43)46)35(45)39-17-5-7-24-9-16-32-29(19-24)34-33(21-40-32)41-23(2)44(34)27-13-11-26(12-14-27)42(3)4/h6,8-10,15-16,18-22,26-27H,11-14,17H2,1-4H3,(H,39,45)/t22-,26-,27-/m0/s1. The third-order valence-corrected chi connectivity index (χ3v) is 9.09. The highest BCUT2D eigenvalue weighted by molar-refractivity contribution is 6.03. The predicted octanol–water partition coefficient (Wildman–Crippen LogP) is 5.77. The lowest BCUT2D eigenvalue weighted by Gasteiger charge is -2.34. The number of hydrogen-bond acceptors (Lipinski definition) is 5. The zero-order chi connectivity index (χ0) is 32.5. The second-order valence-corrected chi connectivity index (χ2v) is 12.1. The van der Waals surface area contributed by atoms with Crippen LogP contribution in [-0.4, -0.2) is 56.6 Å². The molecule has 6 rings (SSSR count). The summed E-state index contributed by atoms with van der Waals surface area (Å²) in [6.07, 6.45) is 7.82. The number of nitrogens with one attached hydrogen (secondary N) is 1. The molecule has 0 bridgehead atoms. The van der Waals surface area contributed by atoms with Crippen LogP contribution in [0.4, 0.5) is 8.78 Å². The van der Waals surface area contributed by atoms with E-state index in [9.17, 15) is 18.4 Å². The van der Waals surface area contributed by atoms with Gasteiger partial charge in [-0.25, -0.2) is 13.8 Å². The Labute approximate surface area is 266 Å². The van der Waals surface area contributed by atoms with Crippen LogP contribution < -0.4 is 10.9 Å². The lowest BCUT2D eigenvalue weighted by molar-refractivity contribution is 0.0956. The number of carbonyl (C=O) groups is 1. The first-order valence-electron chi connectivity index (χ1n) is 15.5. The summed E-state index contributed by atoms with van der Waals surface area (Å²) in [5.74, 6) is 4.57. The van der Waals surface area contributed by atoms with Crippen molar-refractivity contribution in [3.63, 3.8) is 0 Å². The normalized spacial score (nSPS) is 17.2. The monoisotopic (exact) mass is 622 g/mol. The van der Waals surface area contributed by atoms with E-state index in [0.29, 0.717) is 17.6 Å². The van der Waals surface area contributed by atoms with Gasteiger partial charge >= 0.3 is 0 Å². The van der Waals surface area contributed by atoms with Gasteiger partial charge in [0.25, 0.3) is 11.5 Å². The number of aromatic nitrogens is 4. The molecule has 46 heavy (non-hydrogen) atoms. The van der Waals surface area contributed by atoms with Crippen molar-refractivity contribution in [1.29, 1.82) is 0 Å². The van der Waals surface area contributed by atoms with Crippen LogP contribution in [-0.2, 0) is 0 Å². The summed E-state index contributed by atoms with van der Waals surface area (Å²) in [5.41, 5.74) is 3.38. The lowest BCUT2D eigenvalue weighted by Crippen LogP contribution is -2.34. The maximum Gasteiger partial charge on any atom is 0.263 e. The van der Waals surface area contributed by atoms with Crippen molar-refractivity contribution >= 4 is 27.8 Å². The molecule has 1 aliphatic rings. The molecular weight excluding hydrogens is 586 g/mol. The van der Waals surface area contributed by atoms with Crippen LogP contribution in [0.1, 0.15) is 72.0 Å². The SMILES string of the molecule is Cc1nc2cnc3ccc(C#CCNC(=O)c4cccn([C@@H](C)c5ccc(F)c(F)c5)c4=O)cc3c2n1[C@H]1CC[C@H](N(C)C)CC1. The van der Waals surface area contributed by atoms with E-state index >= 15 is 0 Å². The zero-order valence-corrected chi connectivity index (χ0v) is 26.3. The maximum atomic E-state index is 13.8. The Kier molecular flexibility index (Phi) is 8.69. The van der Waals surface area contributed by atoms with Crippen LogP contribution >= 0.6 is 0 Å². The first kappa shape index (κ1) is 31.1. The molecule has 0 saturated heterocycles. The van der Waals surface area contributed by atoms with Crippen LogP contribution in [0.25, 0.3) is 21.9 Å². The molecule has 1 saturated carbocycles. The lowest BCUT2D eigenvalue weighted by atomic mass is 9.90. The van der Waals surface area contributed by atoms with Crippen LogP contribution in [0.5, 0.6) is 0 Å². The molecule has 1 N–H and O–H groups in total. The van der Waals surface area contributed by atoms with Gasteiger partial charge in [-0.05, 0) is 102 Å². The summed E-state index contributed by atoms with van der Waals surface area (Å²) < 4.78 is 30.9. The van der Waals surface area contributed by atoms with Gasteiger partial charge in [-0.1, -0.05) is 17.9 Å². The Hall–Kier alpha value is -4.88. The summed E-state index contributed by atoms with van der Waals surface area (Å²) in [5, 5.41) is 3.69. The molecule has 8 nitrogen and oxygen atoms in total. The van der Waals surface area contributed by atoms with Gasteiger partial charge in [0, 0.05) is 29.2 Å². The molecule has 1 fully saturated rings. The highest BCUT2D eigenvalue weighted by atomic mass is 19.2. The van der Waals surface area contributed by atoms with Crippen LogP contribution in [0.3, 0.4) is 0 Å². The molecule has 2 aromatic carbocycles. The smallest absolute Gasteiger partial charge is 0.263 e. The number of halogens is 2. The van der Waals surface area contributed by atoms with Crippen molar-refractivity contribution in [2.45, 2.75) is 57.7 Å². The summed E-state index contributed by atoms with van der Waals surface area (Å²) in [6.45, 7) is 3.76. The fourth-order valence-electron chi connectivity index (χ4n) is 6.54. The molecule has 5 aromatic rings. The number of hydrogen-bond donors (Lipinski definition) is 1. The molecule has 10 heteroatoms. The van der Waals surface area contributed by atoms with Gasteiger partial charge in [0.1, 0.15) is 16.9 Å². The molecule has 0 aliphatic heterocycles. The van der Waals surface area contributed by atoms with E-state index in [-0.39, 0.29) is 12.1 Å². The summed E-state index contributed by atoms with van der Waals surface area (Å²) in [4.78, 5) is 37.9. The topological polar surface area (TPSA) is 85.0 Å². The molecule has 1 aliphatic carbocycles. The second-order valence-electron chi connectivity index (χ2n) is 12.1. The quantitative estimate of drug-likeness (QED) is 0.243. The van der Waals surface area contributed by atoms with E-state index in [0.717, 1.165) is 71.1 Å². The van der Waals surface area contributed by atoms with Gasteiger partial charge in [-0.15, -0.1) is 0 Å². The maximum absolute atomic E-state index is 13.8. The molecule has 1 atom stereocenters. The number of amides is 1. The first-order chi connectivity index (χ1) is 22.1. The highest BCUT2D eigenvalue weighted by Gasteiger charge is 2.26. The van der Waals surface area contributed by atoms with Gasteiger partial charge in [0.15, 0.2) is 11.6 Å². The largest absolute Gasteiger partial charge is 0.341 e. The molecule has 0 radical (unpaired) electrons. The van der Waals surface area contributed by atoms with Gasteiger partial charge < -0.3 is 19.4 Å². The highest BCUT2D eigenvalue weighted by Crippen LogP contribution is 2.36. The number of carbonyl (C=O) groups excluding carboxylic acids is 1. The van der Waals surface area contributed by atoms with E-state index in [1.807, 2.05) is 24.4 Å². The molecule has 3 aromatic heterocycles. The fraction of sp³-hybridized carbons (Fsp3) is 0.333. The van der Waals surface area contributed by atoms with Gasteiger partial charge in [-0.2, -0.15) is 0 Å². The number of rotatable bonds is 6. The van der Waals surface area contributed by atoms with Gasteiger partial charge in [0.05, 0.1) is 29.8 Å². The molecule has 1 amide bonds. The van der Waals surface area contributed by atoms with Crippen LogP contribution in [0.2, 0.25) is 0 Å². The average molecular weight is 623 g/mol. The Balaban J connectivity index is 1.20. The van der Waals surface area contributed by atoms with Crippen molar-refractivity contribution in [3.8, 4) is 11.8 Å². The second kappa shape index (κ2) is 12.9. The Bertz CT molecular complexity index is 2060. The number of fused-ring (bicyclic) bond motifs is 3. The third kappa shape index (κ3) is 6.03. The number of benzene rings is 2. The summed E-state index contributed by atoms with van der Waals surface area (Å²) >= 11 is 0. The van der Waals surface area contributed by atoms with E-state index in [2.05, 4.69) is 52.6 Å². The van der Waals surface area contributed by atoms with E-state index in [4.69, 9.17) is 4.98 Å². The molecule has 0 spiro atoms. The Morgan fingerprint density at radius 1 is 1.07 bits per heavy atom. The predicted molar refractivity (Wildman–Crippen MR) is 175 cm³/mol. The third-order valence-electron chi connectivity index (χ3n) is 9.09. The van der Waals surface area contributed by atoms with E-state index in [1.54, 1.807) is 13.0 Å². The zero-order valence-electron chi connectivity index (χ0n) is 26.3. The molecule has 236 valence electrons. The van der Waals surface area contributed by atoms with Gasteiger partial charge in [-0.3, -0.25) is 14.6 Å². The summed E-state index contributed by atoms with van der Waals surface area (Å²) in [6, 6.07) is 12.7.